The van der Waals surface area contributed by atoms with Crippen molar-refractivity contribution < 1.29 is 14.3 Å². The zero-order chi connectivity index (χ0) is 15.4. The van der Waals surface area contributed by atoms with Crippen LogP contribution in [0.25, 0.3) is 10.8 Å². The Morgan fingerprint density at radius 2 is 1.71 bits per heavy atom. The first-order valence-electron chi connectivity index (χ1n) is 6.27. The molecule has 0 bridgehead atoms. The van der Waals surface area contributed by atoms with Crippen LogP contribution in [0.1, 0.15) is 17.3 Å². The minimum absolute atomic E-state index is 0.243. The highest BCUT2D eigenvalue weighted by atomic mass is 16.5. The average molecular weight is 288 g/mol. The number of amides is 2. The molecule has 0 heterocycles. The highest BCUT2D eigenvalue weighted by Crippen LogP contribution is 2.27. The number of hydrazine groups is 2. The minimum Gasteiger partial charge on any atom is -0.480 e. The maximum Gasteiger partial charge on any atom is 0.274 e. The van der Waals surface area contributed by atoms with Gasteiger partial charge < -0.3 is 4.74 Å². The number of hydrogen-bond acceptors (Lipinski definition) is 5. The molecule has 21 heavy (non-hydrogen) atoms. The van der Waals surface area contributed by atoms with Crippen molar-refractivity contribution in [3.63, 3.8) is 0 Å². The zero-order valence-corrected chi connectivity index (χ0v) is 11.4. The zero-order valence-electron chi connectivity index (χ0n) is 11.4. The summed E-state index contributed by atoms with van der Waals surface area (Å²) < 4.78 is 5.52. The Hall–Kier alpha value is -2.64. The predicted molar refractivity (Wildman–Crippen MR) is 78.0 cm³/mol. The van der Waals surface area contributed by atoms with E-state index in [1.807, 2.05) is 29.7 Å². The van der Waals surface area contributed by atoms with Crippen LogP contribution in [0.15, 0.2) is 36.4 Å². The van der Waals surface area contributed by atoms with Gasteiger partial charge in [0.2, 0.25) is 0 Å². The number of nitrogens with two attached hydrogens (primary N) is 2. The molecule has 6 N–H and O–H groups in total. The van der Waals surface area contributed by atoms with Crippen LogP contribution >= 0.6 is 0 Å². The number of nitrogen functional groups attached to an aromatic ring is 1. The topological polar surface area (TPSA) is 119 Å². The molecular formula is C14H16N4O3. The second-order valence-corrected chi connectivity index (χ2v) is 4.44. The van der Waals surface area contributed by atoms with E-state index in [0.717, 1.165) is 10.8 Å². The van der Waals surface area contributed by atoms with Gasteiger partial charge in [-0.3, -0.25) is 20.4 Å². The summed E-state index contributed by atoms with van der Waals surface area (Å²) in [6.07, 6.45) is -0.847. The van der Waals surface area contributed by atoms with Gasteiger partial charge in [-0.2, -0.15) is 0 Å². The van der Waals surface area contributed by atoms with Crippen LogP contribution in [-0.2, 0) is 4.79 Å². The number of fused-ring (bicyclic) bond motifs is 1. The Balaban J connectivity index is 2.48. The SMILES string of the molecule is CC(Oc1cc2ccccc2cc1C(=O)NN)C(=O)NN. The smallest absolute Gasteiger partial charge is 0.274 e. The van der Waals surface area contributed by atoms with E-state index in [9.17, 15) is 9.59 Å². The molecule has 0 saturated heterocycles. The fraction of sp³-hybridized carbons (Fsp3) is 0.143. The lowest BCUT2D eigenvalue weighted by atomic mass is 10.1. The maximum atomic E-state index is 11.9. The van der Waals surface area contributed by atoms with Gasteiger partial charge in [0.25, 0.3) is 11.8 Å². The summed E-state index contributed by atoms with van der Waals surface area (Å²) in [5.74, 6) is 9.50. The van der Waals surface area contributed by atoms with Crippen LogP contribution in [-0.4, -0.2) is 17.9 Å². The van der Waals surface area contributed by atoms with Gasteiger partial charge in [0.1, 0.15) is 5.75 Å². The van der Waals surface area contributed by atoms with Gasteiger partial charge in [-0.15, -0.1) is 0 Å². The second kappa shape index (κ2) is 6.21. The van der Waals surface area contributed by atoms with Crippen molar-refractivity contribution in [1.82, 2.24) is 10.9 Å². The fourth-order valence-corrected chi connectivity index (χ4v) is 1.93. The van der Waals surface area contributed by atoms with E-state index in [1.54, 1.807) is 12.1 Å². The van der Waals surface area contributed by atoms with E-state index in [0.29, 0.717) is 0 Å². The number of rotatable bonds is 4. The molecule has 110 valence electrons. The van der Waals surface area contributed by atoms with Crippen molar-refractivity contribution in [3.05, 3.63) is 42.0 Å². The molecule has 0 aliphatic carbocycles. The van der Waals surface area contributed by atoms with Gasteiger partial charge >= 0.3 is 0 Å². The van der Waals surface area contributed by atoms with Crippen molar-refractivity contribution in [2.45, 2.75) is 13.0 Å². The highest BCUT2D eigenvalue weighted by Gasteiger charge is 2.19. The maximum absolute atomic E-state index is 11.9. The first-order valence-corrected chi connectivity index (χ1v) is 6.27. The number of carbonyl (C=O) groups is 2. The number of nitrogens with one attached hydrogen (secondary N) is 2. The molecule has 2 rings (SSSR count). The molecule has 1 unspecified atom stereocenters. The first-order chi connectivity index (χ1) is 10.1. The first kappa shape index (κ1) is 14.8. The van der Waals surface area contributed by atoms with E-state index >= 15 is 0 Å². The average Bonchev–Trinajstić information content (AvgIpc) is 2.52. The van der Waals surface area contributed by atoms with Crippen LogP contribution in [0.5, 0.6) is 5.75 Å². The summed E-state index contributed by atoms with van der Waals surface area (Å²) in [7, 11) is 0. The highest BCUT2D eigenvalue weighted by molar-refractivity contribution is 6.01. The summed E-state index contributed by atoms with van der Waals surface area (Å²) in [6, 6.07) is 10.8. The molecule has 7 heteroatoms. The van der Waals surface area contributed by atoms with Crippen molar-refractivity contribution >= 4 is 22.6 Å². The molecule has 0 aliphatic rings. The molecule has 0 fully saturated rings. The molecule has 0 radical (unpaired) electrons. The Labute approximate surface area is 121 Å². The van der Waals surface area contributed by atoms with Crippen LogP contribution in [0.4, 0.5) is 0 Å². The van der Waals surface area contributed by atoms with Crippen molar-refractivity contribution in [2.75, 3.05) is 0 Å². The van der Waals surface area contributed by atoms with Gasteiger partial charge in [-0.05, 0) is 29.8 Å². The molecule has 2 aromatic carbocycles. The third kappa shape index (κ3) is 3.10. The van der Waals surface area contributed by atoms with Gasteiger partial charge in [0, 0.05) is 0 Å². The normalized spacial score (nSPS) is 11.8. The lowest BCUT2D eigenvalue weighted by Crippen LogP contribution is -2.40. The van der Waals surface area contributed by atoms with Gasteiger partial charge in [-0.1, -0.05) is 24.3 Å². The minimum atomic E-state index is -0.847. The molecular weight excluding hydrogens is 272 g/mol. The van der Waals surface area contributed by atoms with E-state index in [-0.39, 0.29) is 11.3 Å². The summed E-state index contributed by atoms with van der Waals surface area (Å²) in [5.41, 5.74) is 4.30. The Morgan fingerprint density at radius 3 is 2.29 bits per heavy atom. The molecule has 2 aromatic rings. The summed E-state index contributed by atoms with van der Waals surface area (Å²) in [5, 5.41) is 1.74. The van der Waals surface area contributed by atoms with E-state index in [4.69, 9.17) is 16.4 Å². The summed E-state index contributed by atoms with van der Waals surface area (Å²) in [6.45, 7) is 1.53. The largest absolute Gasteiger partial charge is 0.480 e. The summed E-state index contributed by atoms with van der Waals surface area (Å²) >= 11 is 0. The Bertz CT molecular complexity index is 687. The standard InChI is InChI=1S/C14H16N4O3/c1-8(13(19)17-15)21-12-7-10-5-3-2-4-9(10)6-11(12)14(20)18-16/h2-8H,15-16H2,1H3,(H,17,19)(H,18,20). The van der Waals surface area contributed by atoms with Crippen molar-refractivity contribution in [1.29, 1.82) is 0 Å². The van der Waals surface area contributed by atoms with Gasteiger partial charge in [0.15, 0.2) is 6.10 Å². The van der Waals surface area contributed by atoms with Crippen LogP contribution in [0.3, 0.4) is 0 Å². The third-order valence-electron chi connectivity index (χ3n) is 3.04. The Morgan fingerprint density at radius 1 is 1.10 bits per heavy atom. The summed E-state index contributed by atoms with van der Waals surface area (Å²) in [4.78, 5) is 23.3. The molecule has 0 aliphatic heterocycles. The third-order valence-corrected chi connectivity index (χ3v) is 3.04. The lowest BCUT2D eigenvalue weighted by molar-refractivity contribution is -0.127. The number of ether oxygens (including phenoxy) is 1. The van der Waals surface area contributed by atoms with Crippen LogP contribution in [0, 0.1) is 0 Å². The van der Waals surface area contributed by atoms with Gasteiger partial charge in [-0.25, -0.2) is 11.7 Å². The number of hydrogen-bond donors (Lipinski definition) is 4. The molecule has 0 saturated carbocycles. The Kier molecular flexibility index (Phi) is 4.36. The monoisotopic (exact) mass is 288 g/mol. The van der Waals surface area contributed by atoms with Crippen LogP contribution in [0.2, 0.25) is 0 Å². The predicted octanol–water partition coefficient (Wildman–Crippen LogP) is 0.201. The molecule has 1 atom stereocenters. The quantitative estimate of drug-likeness (QED) is 0.364. The molecule has 0 aromatic heterocycles. The number of carbonyl (C=O) groups excluding carboxylic acids is 2. The van der Waals surface area contributed by atoms with Crippen LogP contribution < -0.4 is 27.3 Å². The van der Waals surface area contributed by atoms with Crippen molar-refractivity contribution in [3.8, 4) is 5.75 Å². The number of benzene rings is 2. The fourth-order valence-electron chi connectivity index (χ4n) is 1.93. The van der Waals surface area contributed by atoms with E-state index < -0.39 is 17.9 Å². The molecule has 7 nitrogen and oxygen atoms in total. The lowest BCUT2D eigenvalue weighted by Gasteiger charge is -2.16. The van der Waals surface area contributed by atoms with E-state index in [2.05, 4.69) is 5.43 Å². The van der Waals surface area contributed by atoms with Gasteiger partial charge in [0.05, 0.1) is 5.56 Å². The molecule has 2 amide bonds. The second-order valence-electron chi connectivity index (χ2n) is 4.44. The van der Waals surface area contributed by atoms with E-state index in [1.165, 1.54) is 6.92 Å². The molecule has 0 spiro atoms. The van der Waals surface area contributed by atoms with Crippen molar-refractivity contribution in [2.24, 2.45) is 11.7 Å².